The van der Waals surface area contributed by atoms with Crippen LogP contribution in [0.5, 0.6) is 11.5 Å². The molecule has 2 nitrogen and oxygen atoms in total. The van der Waals surface area contributed by atoms with Crippen LogP contribution in [-0.2, 0) is 6.54 Å². The Labute approximate surface area is 121 Å². The highest BCUT2D eigenvalue weighted by molar-refractivity contribution is 5.37. The number of hydrogen-bond donors (Lipinski definition) is 1. The normalized spacial score (nSPS) is 10.6. The van der Waals surface area contributed by atoms with Crippen LogP contribution in [0.2, 0.25) is 0 Å². The summed E-state index contributed by atoms with van der Waals surface area (Å²) < 4.78 is 5.90. The Morgan fingerprint density at radius 1 is 0.900 bits per heavy atom. The zero-order valence-corrected chi connectivity index (χ0v) is 12.6. The Bertz CT molecular complexity index is 526. The second kappa shape index (κ2) is 7.11. The molecule has 0 atom stereocenters. The lowest BCUT2D eigenvalue weighted by atomic mass is 10.1. The van der Waals surface area contributed by atoms with E-state index in [2.05, 4.69) is 56.4 Å². The van der Waals surface area contributed by atoms with Gasteiger partial charge in [0.1, 0.15) is 11.5 Å². The predicted molar refractivity (Wildman–Crippen MR) is 84.4 cm³/mol. The van der Waals surface area contributed by atoms with Crippen molar-refractivity contribution in [1.82, 2.24) is 5.32 Å². The highest BCUT2D eigenvalue weighted by atomic mass is 16.5. The molecule has 0 bridgehead atoms. The van der Waals surface area contributed by atoms with Crippen molar-refractivity contribution in [1.29, 1.82) is 0 Å². The van der Waals surface area contributed by atoms with E-state index in [-0.39, 0.29) is 0 Å². The molecule has 0 aliphatic heterocycles. The van der Waals surface area contributed by atoms with Gasteiger partial charge in [-0.05, 0) is 67.8 Å². The summed E-state index contributed by atoms with van der Waals surface area (Å²) in [6.07, 6.45) is 1.16. The smallest absolute Gasteiger partial charge is 0.127 e. The third-order valence-electron chi connectivity index (χ3n) is 3.11. The summed E-state index contributed by atoms with van der Waals surface area (Å²) in [4.78, 5) is 0. The first-order chi connectivity index (χ1) is 9.67. The van der Waals surface area contributed by atoms with Gasteiger partial charge in [0.05, 0.1) is 0 Å². The van der Waals surface area contributed by atoms with Gasteiger partial charge < -0.3 is 10.1 Å². The molecule has 20 heavy (non-hydrogen) atoms. The summed E-state index contributed by atoms with van der Waals surface area (Å²) >= 11 is 0. The van der Waals surface area contributed by atoms with Crippen molar-refractivity contribution in [3.8, 4) is 11.5 Å². The predicted octanol–water partition coefficient (Wildman–Crippen LogP) is 4.60. The number of aryl methyl sites for hydroxylation is 2. The largest absolute Gasteiger partial charge is 0.457 e. The molecule has 0 heterocycles. The summed E-state index contributed by atoms with van der Waals surface area (Å²) in [7, 11) is 0. The van der Waals surface area contributed by atoms with Gasteiger partial charge in [0.2, 0.25) is 0 Å². The Morgan fingerprint density at radius 3 is 2.15 bits per heavy atom. The van der Waals surface area contributed by atoms with Crippen molar-refractivity contribution in [3.63, 3.8) is 0 Å². The first-order valence-corrected chi connectivity index (χ1v) is 7.23. The molecule has 0 fully saturated rings. The maximum absolute atomic E-state index is 5.90. The zero-order chi connectivity index (χ0) is 14.4. The fourth-order valence-electron chi connectivity index (χ4n) is 2.21. The number of benzene rings is 2. The third-order valence-corrected chi connectivity index (χ3v) is 3.11. The quantitative estimate of drug-likeness (QED) is 0.774. The third kappa shape index (κ3) is 4.39. The van der Waals surface area contributed by atoms with Crippen LogP contribution >= 0.6 is 0 Å². The molecule has 0 aliphatic carbocycles. The molecule has 0 spiro atoms. The van der Waals surface area contributed by atoms with Gasteiger partial charge in [0, 0.05) is 6.54 Å². The molecule has 2 aromatic carbocycles. The zero-order valence-electron chi connectivity index (χ0n) is 12.6. The molecule has 2 aromatic rings. The highest BCUT2D eigenvalue weighted by Crippen LogP contribution is 2.24. The SMILES string of the molecule is CCCNCc1ccc(Oc2cc(C)cc(C)c2)cc1. The average molecular weight is 269 g/mol. The number of nitrogens with one attached hydrogen (secondary N) is 1. The Morgan fingerprint density at radius 2 is 1.55 bits per heavy atom. The van der Waals surface area contributed by atoms with Crippen LogP contribution < -0.4 is 10.1 Å². The van der Waals surface area contributed by atoms with Crippen LogP contribution in [0.3, 0.4) is 0 Å². The van der Waals surface area contributed by atoms with Gasteiger partial charge in [-0.15, -0.1) is 0 Å². The minimum Gasteiger partial charge on any atom is -0.457 e. The highest BCUT2D eigenvalue weighted by Gasteiger charge is 2.00. The van der Waals surface area contributed by atoms with Crippen LogP contribution in [0.4, 0.5) is 0 Å². The van der Waals surface area contributed by atoms with Crippen molar-refractivity contribution in [2.24, 2.45) is 0 Å². The first-order valence-electron chi connectivity index (χ1n) is 7.23. The minimum atomic E-state index is 0.884. The lowest BCUT2D eigenvalue weighted by Gasteiger charge is -2.09. The molecule has 0 aromatic heterocycles. The fourth-order valence-corrected chi connectivity index (χ4v) is 2.21. The summed E-state index contributed by atoms with van der Waals surface area (Å²) in [5.74, 6) is 1.79. The maximum atomic E-state index is 5.90. The van der Waals surface area contributed by atoms with Gasteiger partial charge in [-0.1, -0.05) is 25.1 Å². The maximum Gasteiger partial charge on any atom is 0.127 e. The van der Waals surface area contributed by atoms with Gasteiger partial charge in [-0.2, -0.15) is 0 Å². The van der Waals surface area contributed by atoms with E-state index in [1.165, 1.54) is 16.7 Å². The lowest BCUT2D eigenvalue weighted by Crippen LogP contribution is -2.13. The van der Waals surface area contributed by atoms with Crippen molar-refractivity contribution in [3.05, 3.63) is 59.2 Å². The number of ether oxygens (including phenoxy) is 1. The van der Waals surface area contributed by atoms with E-state index in [4.69, 9.17) is 4.74 Å². The molecule has 0 saturated heterocycles. The molecule has 0 amide bonds. The van der Waals surface area contributed by atoms with Crippen LogP contribution in [0.1, 0.15) is 30.0 Å². The monoisotopic (exact) mass is 269 g/mol. The van der Waals surface area contributed by atoms with E-state index in [0.29, 0.717) is 0 Å². The Balaban J connectivity index is 1.99. The standard InChI is InChI=1S/C18H23NO/c1-4-9-19-13-16-5-7-17(8-6-16)20-18-11-14(2)10-15(3)12-18/h5-8,10-12,19H,4,9,13H2,1-3H3. The van der Waals surface area contributed by atoms with E-state index >= 15 is 0 Å². The van der Waals surface area contributed by atoms with Crippen LogP contribution in [0.25, 0.3) is 0 Å². The minimum absolute atomic E-state index is 0.884. The van der Waals surface area contributed by atoms with E-state index in [1.807, 2.05) is 12.1 Å². The Hall–Kier alpha value is -1.80. The molecule has 2 rings (SSSR count). The first kappa shape index (κ1) is 14.6. The summed E-state index contributed by atoms with van der Waals surface area (Å²) in [5.41, 5.74) is 3.73. The second-order valence-electron chi connectivity index (χ2n) is 5.25. The van der Waals surface area contributed by atoms with Gasteiger partial charge in [0.15, 0.2) is 0 Å². The summed E-state index contributed by atoms with van der Waals surface area (Å²) in [6.45, 7) is 8.32. The molecule has 0 saturated carbocycles. The van der Waals surface area contributed by atoms with Crippen molar-refractivity contribution >= 4 is 0 Å². The number of rotatable bonds is 6. The molecular formula is C18H23NO. The van der Waals surface area contributed by atoms with E-state index in [1.54, 1.807) is 0 Å². The molecule has 106 valence electrons. The summed E-state index contributed by atoms with van der Waals surface area (Å²) in [6, 6.07) is 14.5. The Kier molecular flexibility index (Phi) is 5.19. The van der Waals surface area contributed by atoms with E-state index in [9.17, 15) is 0 Å². The number of hydrogen-bond acceptors (Lipinski definition) is 2. The topological polar surface area (TPSA) is 21.3 Å². The molecule has 0 aliphatic rings. The van der Waals surface area contributed by atoms with Crippen LogP contribution in [0, 0.1) is 13.8 Å². The fraction of sp³-hybridized carbons (Fsp3) is 0.333. The van der Waals surface area contributed by atoms with Crippen molar-refractivity contribution in [2.75, 3.05) is 6.54 Å². The molecule has 0 radical (unpaired) electrons. The average Bonchev–Trinajstić information content (AvgIpc) is 2.40. The van der Waals surface area contributed by atoms with Gasteiger partial charge in [0.25, 0.3) is 0 Å². The van der Waals surface area contributed by atoms with E-state index < -0.39 is 0 Å². The van der Waals surface area contributed by atoms with Crippen LogP contribution in [0.15, 0.2) is 42.5 Å². The second-order valence-corrected chi connectivity index (χ2v) is 5.25. The van der Waals surface area contributed by atoms with Crippen molar-refractivity contribution in [2.45, 2.75) is 33.7 Å². The van der Waals surface area contributed by atoms with Gasteiger partial charge >= 0.3 is 0 Å². The van der Waals surface area contributed by atoms with Gasteiger partial charge in [-0.3, -0.25) is 0 Å². The molecule has 2 heteroatoms. The van der Waals surface area contributed by atoms with Gasteiger partial charge in [-0.25, -0.2) is 0 Å². The molecule has 0 unspecified atom stereocenters. The lowest BCUT2D eigenvalue weighted by molar-refractivity contribution is 0.481. The van der Waals surface area contributed by atoms with E-state index in [0.717, 1.165) is 31.0 Å². The molecule has 1 N–H and O–H groups in total. The summed E-state index contributed by atoms with van der Waals surface area (Å²) in [5, 5.41) is 3.39. The molecular weight excluding hydrogens is 246 g/mol. The van der Waals surface area contributed by atoms with Crippen molar-refractivity contribution < 1.29 is 4.74 Å². The van der Waals surface area contributed by atoms with Crippen LogP contribution in [-0.4, -0.2) is 6.54 Å².